The zero-order valence-electron chi connectivity index (χ0n) is 18.2. The molecule has 0 aliphatic carbocycles. The average Bonchev–Trinajstić information content (AvgIpc) is 2.90. The lowest BCUT2D eigenvalue weighted by Gasteiger charge is -2.41. The van der Waals surface area contributed by atoms with Gasteiger partial charge in [0.05, 0.1) is 18.3 Å². The molecule has 0 unspecified atom stereocenters. The molecule has 0 saturated carbocycles. The lowest BCUT2D eigenvalue weighted by Crippen LogP contribution is -2.58. The molecule has 0 radical (unpaired) electrons. The monoisotopic (exact) mass is 435 g/mol. The minimum atomic E-state index is -0.0591. The summed E-state index contributed by atoms with van der Waals surface area (Å²) in [6, 6.07) is 16.0. The summed E-state index contributed by atoms with van der Waals surface area (Å²) in [4.78, 5) is 29.9. The first kappa shape index (κ1) is 21.0. The first-order chi connectivity index (χ1) is 15.7. The summed E-state index contributed by atoms with van der Waals surface area (Å²) in [5, 5.41) is 3.03. The molecule has 3 aliphatic heterocycles. The fourth-order valence-corrected chi connectivity index (χ4v) is 4.79. The average molecular weight is 436 g/mol. The molecule has 0 spiro atoms. The van der Waals surface area contributed by atoms with Crippen molar-refractivity contribution in [2.45, 2.75) is 18.9 Å². The van der Waals surface area contributed by atoms with E-state index in [1.54, 1.807) is 0 Å². The molecule has 2 amide bonds. The molecule has 7 nitrogen and oxygen atoms in total. The van der Waals surface area contributed by atoms with Crippen LogP contribution in [0.15, 0.2) is 48.5 Å². The first-order valence-corrected chi connectivity index (χ1v) is 11.4. The quantitative estimate of drug-likeness (QED) is 0.785. The van der Waals surface area contributed by atoms with Crippen LogP contribution >= 0.6 is 0 Å². The predicted octanol–water partition coefficient (Wildman–Crippen LogP) is 2.62. The largest absolute Gasteiger partial charge is 0.490 e. The van der Waals surface area contributed by atoms with Crippen molar-refractivity contribution >= 4 is 17.5 Å². The Morgan fingerprint density at radius 2 is 1.81 bits per heavy atom. The summed E-state index contributed by atoms with van der Waals surface area (Å²) in [7, 11) is 0. The van der Waals surface area contributed by atoms with Crippen molar-refractivity contribution in [1.29, 1.82) is 0 Å². The van der Waals surface area contributed by atoms with Crippen LogP contribution < -0.4 is 10.1 Å². The summed E-state index contributed by atoms with van der Waals surface area (Å²) >= 11 is 0. The number of hydrogen-bond acceptors (Lipinski definition) is 5. The number of rotatable bonds is 2. The number of benzene rings is 2. The van der Waals surface area contributed by atoms with Crippen LogP contribution in [0.5, 0.6) is 5.75 Å². The van der Waals surface area contributed by atoms with Crippen LogP contribution in [0.1, 0.15) is 12.8 Å². The SMILES string of the molecule is O=C1CN2CCN(C(=O)C3CCOCC3)C[C@H]2COc2ccc(-c3ccccc3)cc2N1. The highest BCUT2D eigenvalue weighted by Crippen LogP contribution is 2.32. The number of nitrogens with one attached hydrogen (secondary N) is 1. The molecule has 7 heteroatoms. The zero-order chi connectivity index (χ0) is 21.9. The molecule has 3 aliphatic rings. The van der Waals surface area contributed by atoms with Gasteiger partial charge in [0.15, 0.2) is 0 Å². The molecule has 2 aromatic rings. The van der Waals surface area contributed by atoms with E-state index in [1.807, 2.05) is 53.4 Å². The summed E-state index contributed by atoms with van der Waals surface area (Å²) < 4.78 is 11.6. The van der Waals surface area contributed by atoms with Crippen LogP contribution in [-0.4, -0.2) is 73.7 Å². The molecular weight excluding hydrogens is 406 g/mol. The Kier molecular flexibility index (Phi) is 6.10. The predicted molar refractivity (Wildman–Crippen MR) is 121 cm³/mol. The number of piperazine rings is 1. The normalized spacial score (nSPS) is 22.4. The minimum Gasteiger partial charge on any atom is -0.490 e. The fraction of sp³-hybridized carbons (Fsp3) is 0.440. The van der Waals surface area contributed by atoms with Gasteiger partial charge in [-0.25, -0.2) is 0 Å². The molecule has 32 heavy (non-hydrogen) atoms. The Morgan fingerprint density at radius 1 is 1.00 bits per heavy atom. The van der Waals surface area contributed by atoms with Gasteiger partial charge in [-0.15, -0.1) is 0 Å². The van der Waals surface area contributed by atoms with Crippen LogP contribution in [0.2, 0.25) is 0 Å². The van der Waals surface area contributed by atoms with E-state index in [-0.39, 0.29) is 23.8 Å². The highest BCUT2D eigenvalue weighted by Gasteiger charge is 2.35. The third-order valence-electron chi connectivity index (χ3n) is 6.63. The van der Waals surface area contributed by atoms with Crippen molar-refractivity contribution in [1.82, 2.24) is 9.80 Å². The van der Waals surface area contributed by atoms with Gasteiger partial charge in [0, 0.05) is 38.8 Å². The summed E-state index contributed by atoms with van der Waals surface area (Å²) in [6.45, 7) is 3.94. The van der Waals surface area contributed by atoms with E-state index in [4.69, 9.17) is 9.47 Å². The smallest absolute Gasteiger partial charge is 0.238 e. The highest BCUT2D eigenvalue weighted by atomic mass is 16.5. The molecule has 1 atom stereocenters. The molecule has 168 valence electrons. The van der Waals surface area contributed by atoms with Crippen molar-refractivity contribution in [3.05, 3.63) is 48.5 Å². The van der Waals surface area contributed by atoms with E-state index in [2.05, 4.69) is 10.2 Å². The van der Waals surface area contributed by atoms with E-state index in [0.29, 0.717) is 57.4 Å². The Balaban J connectivity index is 1.32. The second-order valence-corrected chi connectivity index (χ2v) is 8.73. The molecular formula is C25H29N3O4. The van der Waals surface area contributed by atoms with E-state index >= 15 is 0 Å². The third kappa shape index (κ3) is 4.49. The number of nitrogens with zero attached hydrogens (tertiary/aromatic N) is 2. The van der Waals surface area contributed by atoms with Crippen molar-refractivity contribution < 1.29 is 19.1 Å². The third-order valence-corrected chi connectivity index (χ3v) is 6.63. The van der Waals surface area contributed by atoms with Gasteiger partial charge in [0.1, 0.15) is 12.4 Å². The highest BCUT2D eigenvalue weighted by molar-refractivity contribution is 5.94. The van der Waals surface area contributed by atoms with Crippen LogP contribution in [0, 0.1) is 5.92 Å². The maximum absolute atomic E-state index is 13.0. The van der Waals surface area contributed by atoms with Gasteiger partial charge in [-0.2, -0.15) is 0 Å². The van der Waals surface area contributed by atoms with Gasteiger partial charge in [-0.05, 0) is 36.1 Å². The maximum atomic E-state index is 13.0. The molecule has 1 N–H and O–H groups in total. The van der Waals surface area contributed by atoms with Crippen LogP contribution in [0.4, 0.5) is 5.69 Å². The summed E-state index contributed by atoms with van der Waals surface area (Å²) in [6.07, 6.45) is 1.58. The second-order valence-electron chi connectivity index (χ2n) is 8.73. The fourth-order valence-electron chi connectivity index (χ4n) is 4.79. The van der Waals surface area contributed by atoms with Crippen LogP contribution in [0.3, 0.4) is 0 Å². The number of fused-ring (bicyclic) bond motifs is 2. The first-order valence-electron chi connectivity index (χ1n) is 11.4. The van der Waals surface area contributed by atoms with Crippen molar-refractivity contribution in [3.63, 3.8) is 0 Å². The number of ether oxygens (including phenoxy) is 2. The maximum Gasteiger partial charge on any atom is 0.238 e. The Morgan fingerprint density at radius 3 is 2.62 bits per heavy atom. The van der Waals surface area contributed by atoms with Gasteiger partial charge in [0.2, 0.25) is 11.8 Å². The molecule has 2 saturated heterocycles. The van der Waals surface area contributed by atoms with Gasteiger partial charge < -0.3 is 19.7 Å². The molecule has 5 rings (SSSR count). The molecule has 2 fully saturated rings. The molecule has 0 bridgehead atoms. The van der Waals surface area contributed by atoms with E-state index in [9.17, 15) is 9.59 Å². The van der Waals surface area contributed by atoms with Gasteiger partial charge in [-0.1, -0.05) is 36.4 Å². The number of carbonyl (C=O) groups excluding carboxylic acids is 2. The van der Waals surface area contributed by atoms with Crippen molar-refractivity contribution in [3.8, 4) is 16.9 Å². The molecule has 0 aromatic heterocycles. The van der Waals surface area contributed by atoms with E-state index in [1.165, 1.54) is 0 Å². The number of hydrogen-bond donors (Lipinski definition) is 1. The lowest BCUT2D eigenvalue weighted by atomic mass is 9.97. The second kappa shape index (κ2) is 9.30. The van der Waals surface area contributed by atoms with Gasteiger partial charge >= 0.3 is 0 Å². The standard InChI is InChI=1S/C25H29N3O4/c29-24-16-27-10-11-28(25(30)19-8-12-31-13-9-19)15-21(27)17-32-23-7-6-20(14-22(23)26-24)18-4-2-1-3-5-18/h1-7,14,19,21H,8-13,15-17H2,(H,26,29)/t21-/m0/s1. The topological polar surface area (TPSA) is 71.1 Å². The van der Waals surface area contributed by atoms with Gasteiger partial charge in [0.25, 0.3) is 0 Å². The number of anilines is 1. The van der Waals surface area contributed by atoms with Crippen LogP contribution in [-0.2, 0) is 14.3 Å². The lowest BCUT2D eigenvalue weighted by molar-refractivity contribution is -0.142. The Bertz CT molecular complexity index is 974. The van der Waals surface area contributed by atoms with Crippen LogP contribution in [0.25, 0.3) is 11.1 Å². The Hall–Kier alpha value is -2.90. The number of carbonyl (C=O) groups is 2. The van der Waals surface area contributed by atoms with E-state index in [0.717, 1.165) is 24.0 Å². The number of amides is 2. The summed E-state index contributed by atoms with van der Waals surface area (Å²) in [5.41, 5.74) is 2.80. The summed E-state index contributed by atoms with van der Waals surface area (Å²) in [5.74, 6) is 0.863. The van der Waals surface area contributed by atoms with E-state index < -0.39 is 0 Å². The zero-order valence-corrected chi connectivity index (χ0v) is 18.2. The van der Waals surface area contributed by atoms with Gasteiger partial charge in [-0.3, -0.25) is 14.5 Å². The van der Waals surface area contributed by atoms with Crippen molar-refractivity contribution in [2.75, 3.05) is 51.3 Å². The Labute approximate surface area is 188 Å². The molecule has 3 heterocycles. The van der Waals surface area contributed by atoms with Crippen molar-refractivity contribution in [2.24, 2.45) is 5.92 Å². The minimum absolute atomic E-state index is 0.0157. The molecule has 2 aromatic carbocycles.